The van der Waals surface area contributed by atoms with Crippen LogP contribution in [-0.2, 0) is 20.5 Å². The van der Waals surface area contributed by atoms with Crippen molar-refractivity contribution in [3.63, 3.8) is 0 Å². The summed E-state index contributed by atoms with van der Waals surface area (Å²) in [5.74, 6) is -0.221. The number of hydrogen-bond donors (Lipinski definition) is 1. The zero-order chi connectivity index (χ0) is 15.5. The van der Waals surface area contributed by atoms with E-state index in [1.165, 1.54) is 4.31 Å². The van der Waals surface area contributed by atoms with Crippen LogP contribution in [0.5, 0.6) is 0 Å². The first-order valence-corrected chi connectivity index (χ1v) is 8.29. The zero-order valence-electron chi connectivity index (χ0n) is 11.8. The summed E-state index contributed by atoms with van der Waals surface area (Å²) in [5.41, 5.74) is 0.848. The molecule has 114 valence electrons. The van der Waals surface area contributed by atoms with Crippen molar-refractivity contribution >= 4 is 10.0 Å². The monoisotopic (exact) mass is 310 g/mol. The molecule has 1 N–H and O–H groups in total. The van der Waals surface area contributed by atoms with Gasteiger partial charge in [0.2, 0.25) is 10.0 Å². The average molecular weight is 310 g/mol. The third kappa shape index (κ3) is 3.80. The second kappa shape index (κ2) is 6.54. The Hall–Kier alpha value is -1.46. The molecule has 0 bridgehead atoms. The number of hydrogen-bond acceptors (Lipinski definition) is 5. The third-order valence-corrected chi connectivity index (χ3v) is 5.13. The van der Waals surface area contributed by atoms with Crippen molar-refractivity contribution in [1.82, 2.24) is 4.31 Å². The largest absolute Gasteiger partial charge is 0.394 e. The Morgan fingerprint density at radius 2 is 2.14 bits per heavy atom. The molecule has 2 unspecified atom stereocenters. The molecule has 0 amide bonds. The summed E-state index contributed by atoms with van der Waals surface area (Å²) in [6, 6.07) is 8.66. The van der Waals surface area contributed by atoms with Crippen LogP contribution in [0.2, 0.25) is 0 Å². The molecule has 21 heavy (non-hydrogen) atoms. The summed E-state index contributed by atoms with van der Waals surface area (Å²) < 4.78 is 31.8. The molecule has 0 aromatic heterocycles. The number of nitriles is 1. The maximum atomic E-state index is 12.5. The van der Waals surface area contributed by atoms with Crippen molar-refractivity contribution < 1.29 is 18.3 Å². The predicted molar refractivity (Wildman–Crippen MR) is 76.8 cm³/mol. The molecule has 2 atom stereocenters. The van der Waals surface area contributed by atoms with E-state index in [4.69, 9.17) is 10.00 Å². The molecule has 0 radical (unpaired) electrons. The van der Waals surface area contributed by atoms with E-state index >= 15 is 0 Å². The van der Waals surface area contributed by atoms with Crippen LogP contribution in [0.15, 0.2) is 24.3 Å². The summed E-state index contributed by atoms with van der Waals surface area (Å²) >= 11 is 0. The zero-order valence-corrected chi connectivity index (χ0v) is 12.6. The Labute approximate surface area is 124 Å². The number of ether oxygens (including phenoxy) is 1. The summed E-state index contributed by atoms with van der Waals surface area (Å²) in [4.78, 5) is 0. The lowest BCUT2D eigenvalue weighted by Gasteiger charge is -2.35. The van der Waals surface area contributed by atoms with Crippen molar-refractivity contribution in [3.8, 4) is 6.07 Å². The van der Waals surface area contributed by atoms with Gasteiger partial charge in [-0.15, -0.1) is 0 Å². The van der Waals surface area contributed by atoms with Crippen LogP contribution >= 0.6 is 0 Å². The minimum Gasteiger partial charge on any atom is -0.394 e. The van der Waals surface area contributed by atoms with Crippen LogP contribution in [0.25, 0.3) is 0 Å². The second-order valence-electron chi connectivity index (χ2n) is 5.09. The van der Waals surface area contributed by atoms with Crippen LogP contribution < -0.4 is 0 Å². The molecule has 1 fully saturated rings. The minimum atomic E-state index is -3.55. The van der Waals surface area contributed by atoms with Gasteiger partial charge in [0.15, 0.2) is 0 Å². The Balaban J connectivity index is 2.20. The van der Waals surface area contributed by atoms with Crippen molar-refractivity contribution in [3.05, 3.63) is 35.4 Å². The highest BCUT2D eigenvalue weighted by Crippen LogP contribution is 2.19. The summed E-state index contributed by atoms with van der Waals surface area (Å²) in [5, 5.41) is 18.2. The molecule has 1 aliphatic heterocycles. The average Bonchev–Trinajstić information content (AvgIpc) is 2.46. The summed E-state index contributed by atoms with van der Waals surface area (Å²) in [6.45, 7) is 1.95. The summed E-state index contributed by atoms with van der Waals surface area (Å²) in [6.07, 6.45) is -0.772. The van der Waals surface area contributed by atoms with Gasteiger partial charge >= 0.3 is 0 Å². The van der Waals surface area contributed by atoms with Crippen molar-refractivity contribution in [2.75, 3.05) is 19.7 Å². The highest BCUT2D eigenvalue weighted by atomic mass is 32.2. The number of aliphatic hydroxyl groups excluding tert-OH is 1. The van der Waals surface area contributed by atoms with Gasteiger partial charge in [-0.3, -0.25) is 0 Å². The number of nitrogens with zero attached hydrogens (tertiary/aromatic N) is 2. The van der Waals surface area contributed by atoms with Gasteiger partial charge in [-0.05, 0) is 18.6 Å². The van der Waals surface area contributed by atoms with Gasteiger partial charge in [0.1, 0.15) is 0 Å². The third-order valence-electron chi connectivity index (χ3n) is 3.37. The van der Waals surface area contributed by atoms with E-state index in [1.807, 2.05) is 6.07 Å². The lowest BCUT2D eigenvalue weighted by Crippen LogP contribution is -2.50. The molecule has 0 saturated carbocycles. The number of benzene rings is 1. The Morgan fingerprint density at radius 3 is 2.81 bits per heavy atom. The number of morpholine rings is 1. The number of aliphatic hydroxyl groups is 1. The van der Waals surface area contributed by atoms with Crippen molar-refractivity contribution in [2.24, 2.45) is 0 Å². The lowest BCUT2D eigenvalue weighted by atomic mass is 10.1. The maximum Gasteiger partial charge on any atom is 0.218 e. The van der Waals surface area contributed by atoms with Crippen LogP contribution in [0.4, 0.5) is 0 Å². The molecule has 6 nitrogen and oxygen atoms in total. The van der Waals surface area contributed by atoms with Crippen molar-refractivity contribution in [1.29, 1.82) is 5.26 Å². The lowest BCUT2D eigenvalue weighted by molar-refractivity contribution is -0.0750. The van der Waals surface area contributed by atoms with E-state index in [9.17, 15) is 13.5 Å². The second-order valence-corrected chi connectivity index (χ2v) is 7.06. The Kier molecular flexibility index (Phi) is 4.96. The van der Waals surface area contributed by atoms with E-state index in [-0.39, 0.29) is 31.6 Å². The van der Waals surface area contributed by atoms with Crippen molar-refractivity contribution in [2.45, 2.75) is 24.9 Å². The van der Waals surface area contributed by atoms with Crippen LogP contribution in [-0.4, -0.2) is 49.7 Å². The van der Waals surface area contributed by atoms with Gasteiger partial charge in [0.05, 0.1) is 36.2 Å². The molecule has 0 spiro atoms. The van der Waals surface area contributed by atoms with E-state index in [0.29, 0.717) is 11.1 Å². The molecule has 1 aliphatic rings. The molecule has 1 heterocycles. The van der Waals surface area contributed by atoms with Gasteiger partial charge in [0.25, 0.3) is 0 Å². The first kappa shape index (κ1) is 15.9. The fourth-order valence-electron chi connectivity index (χ4n) is 2.37. The fourth-order valence-corrected chi connectivity index (χ4v) is 4.03. The first-order chi connectivity index (χ1) is 9.96. The van der Waals surface area contributed by atoms with E-state index in [2.05, 4.69) is 0 Å². The molecule has 1 aromatic carbocycles. The Morgan fingerprint density at radius 1 is 1.43 bits per heavy atom. The molecule has 1 saturated heterocycles. The highest BCUT2D eigenvalue weighted by Gasteiger charge is 2.32. The van der Waals surface area contributed by atoms with Crippen LogP contribution in [0, 0.1) is 11.3 Å². The fraction of sp³-hybridized carbons (Fsp3) is 0.500. The van der Waals surface area contributed by atoms with Gasteiger partial charge in [0, 0.05) is 13.1 Å². The SMILES string of the molecule is CC1CN(S(=O)(=O)Cc2ccccc2C#N)CC(CO)O1. The number of sulfonamides is 1. The maximum absolute atomic E-state index is 12.5. The highest BCUT2D eigenvalue weighted by molar-refractivity contribution is 7.88. The summed E-state index contributed by atoms with van der Waals surface area (Å²) in [7, 11) is -3.55. The molecular weight excluding hydrogens is 292 g/mol. The normalized spacial score (nSPS) is 23.7. The molecule has 2 rings (SSSR count). The Bertz CT molecular complexity index is 639. The first-order valence-electron chi connectivity index (χ1n) is 6.68. The minimum absolute atomic E-state index is 0.137. The van der Waals surface area contributed by atoms with E-state index in [1.54, 1.807) is 31.2 Å². The molecule has 1 aromatic rings. The molecule has 0 aliphatic carbocycles. The van der Waals surface area contributed by atoms with E-state index in [0.717, 1.165) is 0 Å². The number of rotatable bonds is 4. The molecular formula is C14H18N2O4S. The molecule has 7 heteroatoms. The van der Waals surface area contributed by atoms with E-state index < -0.39 is 16.1 Å². The van der Waals surface area contributed by atoms with Gasteiger partial charge in [-0.2, -0.15) is 9.57 Å². The van der Waals surface area contributed by atoms with Gasteiger partial charge in [-0.1, -0.05) is 18.2 Å². The van der Waals surface area contributed by atoms with Gasteiger partial charge < -0.3 is 9.84 Å². The smallest absolute Gasteiger partial charge is 0.218 e. The quantitative estimate of drug-likeness (QED) is 0.873. The predicted octanol–water partition coefficient (Wildman–Crippen LogP) is 0.470. The van der Waals surface area contributed by atoms with Crippen LogP contribution in [0.1, 0.15) is 18.1 Å². The standard InChI is InChI=1S/C14H18N2O4S/c1-11-7-16(8-14(9-17)20-11)21(18,19)10-13-5-3-2-4-12(13)6-15/h2-5,11,14,17H,7-10H2,1H3. The van der Waals surface area contributed by atoms with Crippen LogP contribution in [0.3, 0.4) is 0 Å². The van der Waals surface area contributed by atoms with Gasteiger partial charge in [-0.25, -0.2) is 8.42 Å². The topological polar surface area (TPSA) is 90.6 Å².